The van der Waals surface area contributed by atoms with Gasteiger partial charge in [-0.1, -0.05) is 19.1 Å². The number of sulfonamides is 1. The van der Waals surface area contributed by atoms with E-state index in [9.17, 15) is 18.0 Å². The Kier molecular flexibility index (Phi) is 7.07. The van der Waals surface area contributed by atoms with Gasteiger partial charge in [-0.25, -0.2) is 13.1 Å². The fourth-order valence-corrected chi connectivity index (χ4v) is 4.28. The maximum atomic E-state index is 12.3. The summed E-state index contributed by atoms with van der Waals surface area (Å²) in [6, 6.07) is 9.61. The molecule has 1 aromatic carbocycles. The Morgan fingerprint density at radius 1 is 1.17 bits per heavy atom. The van der Waals surface area contributed by atoms with Crippen LogP contribution >= 0.6 is 0 Å². The van der Waals surface area contributed by atoms with E-state index >= 15 is 0 Å². The minimum absolute atomic E-state index is 0.00422. The second kappa shape index (κ2) is 9.73. The van der Waals surface area contributed by atoms with Gasteiger partial charge in [0.05, 0.1) is 11.2 Å². The standard InChI is InChI=1S/C21H25N3O5S/c1-2-22-30(27,28)18-8-5-16(6-9-18)7-10-20(25)23-17-11-13-24(14-12-17)21(26)19-4-3-15-29-19/h3-10,15,17,22H,2,11-14H2,1H3,(H,23,25)/b10-7+. The first kappa shape index (κ1) is 21.8. The Hall–Kier alpha value is -2.91. The van der Waals surface area contributed by atoms with E-state index in [-0.39, 0.29) is 22.8 Å². The summed E-state index contributed by atoms with van der Waals surface area (Å²) in [5.41, 5.74) is 0.722. The molecule has 0 radical (unpaired) electrons. The number of hydrogen-bond donors (Lipinski definition) is 2. The van der Waals surface area contributed by atoms with Gasteiger partial charge in [0, 0.05) is 31.8 Å². The van der Waals surface area contributed by atoms with Crippen molar-refractivity contribution < 1.29 is 22.4 Å². The molecule has 1 aliphatic rings. The molecule has 2 N–H and O–H groups in total. The zero-order chi connectivity index (χ0) is 21.6. The molecule has 2 aromatic rings. The first-order chi connectivity index (χ1) is 14.4. The lowest BCUT2D eigenvalue weighted by Gasteiger charge is -2.31. The van der Waals surface area contributed by atoms with Crippen LogP contribution in [-0.2, 0) is 14.8 Å². The molecule has 0 spiro atoms. The predicted molar refractivity (Wildman–Crippen MR) is 112 cm³/mol. The summed E-state index contributed by atoms with van der Waals surface area (Å²) in [6.07, 6.45) is 5.87. The molecule has 1 aromatic heterocycles. The van der Waals surface area contributed by atoms with E-state index in [1.54, 1.807) is 42.2 Å². The number of nitrogens with zero attached hydrogens (tertiary/aromatic N) is 1. The van der Waals surface area contributed by atoms with Crippen LogP contribution in [0.3, 0.4) is 0 Å². The summed E-state index contributed by atoms with van der Waals surface area (Å²) in [7, 11) is -3.49. The number of carbonyl (C=O) groups is 2. The van der Waals surface area contributed by atoms with Crippen molar-refractivity contribution in [2.24, 2.45) is 0 Å². The van der Waals surface area contributed by atoms with Crippen molar-refractivity contribution in [2.75, 3.05) is 19.6 Å². The highest BCUT2D eigenvalue weighted by Gasteiger charge is 2.25. The third kappa shape index (κ3) is 5.58. The lowest BCUT2D eigenvalue weighted by molar-refractivity contribution is -0.117. The van der Waals surface area contributed by atoms with Crippen LogP contribution in [0.25, 0.3) is 6.08 Å². The maximum Gasteiger partial charge on any atom is 0.289 e. The molecule has 2 amide bonds. The Morgan fingerprint density at radius 2 is 1.87 bits per heavy atom. The third-order valence-electron chi connectivity index (χ3n) is 4.81. The fraction of sp³-hybridized carbons (Fsp3) is 0.333. The van der Waals surface area contributed by atoms with Crippen LogP contribution in [0.2, 0.25) is 0 Å². The molecule has 0 unspecified atom stereocenters. The van der Waals surface area contributed by atoms with E-state index in [0.29, 0.717) is 38.2 Å². The van der Waals surface area contributed by atoms with Crippen molar-refractivity contribution in [2.45, 2.75) is 30.7 Å². The van der Waals surface area contributed by atoms with Gasteiger partial charge in [-0.05, 0) is 48.7 Å². The van der Waals surface area contributed by atoms with E-state index in [0.717, 1.165) is 5.56 Å². The molecule has 9 heteroatoms. The van der Waals surface area contributed by atoms with Crippen molar-refractivity contribution in [3.63, 3.8) is 0 Å². The van der Waals surface area contributed by atoms with Gasteiger partial charge < -0.3 is 14.6 Å². The Labute approximate surface area is 176 Å². The number of nitrogens with one attached hydrogen (secondary N) is 2. The number of likely N-dealkylation sites (tertiary alicyclic amines) is 1. The van der Waals surface area contributed by atoms with E-state index in [2.05, 4.69) is 10.0 Å². The third-order valence-corrected chi connectivity index (χ3v) is 6.37. The summed E-state index contributed by atoms with van der Waals surface area (Å²) >= 11 is 0. The van der Waals surface area contributed by atoms with Gasteiger partial charge >= 0.3 is 0 Å². The van der Waals surface area contributed by atoms with Crippen LogP contribution in [0.5, 0.6) is 0 Å². The Bertz CT molecular complexity index is 990. The van der Waals surface area contributed by atoms with Crippen LogP contribution in [0.1, 0.15) is 35.9 Å². The molecule has 1 saturated heterocycles. The van der Waals surface area contributed by atoms with E-state index in [1.807, 2.05) is 0 Å². The van der Waals surface area contributed by atoms with Gasteiger partial charge in [-0.3, -0.25) is 9.59 Å². The molecule has 0 bridgehead atoms. The van der Waals surface area contributed by atoms with Gasteiger partial charge in [0.2, 0.25) is 15.9 Å². The van der Waals surface area contributed by atoms with Crippen LogP contribution in [0, 0.1) is 0 Å². The monoisotopic (exact) mass is 431 g/mol. The van der Waals surface area contributed by atoms with Crippen LogP contribution < -0.4 is 10.0 Å². The molecule has 1 fully saturated rings. The maximum absolute atomic E-state index is 12.3. The van der Waals surface area contributed by atoms with Crippen molar-refractivity contribution >= 4 is 27.9 Å². The van der Waals surface area contributed by atoms with Crippen LogP contribution in [0.4, 0.5) is 0 Å². The average molecular weight is 432 g/mol. The van der Waals surface area contributed by atoms with E-state index in [1.165, 1.54) is 24.5 Å². The molecule has 30 heavy (non-hydrogen) atoms. The van der Waals surface area contributed by atoms with Crippen molar-refractivity contribution in [3.05, 3.63) is 60.1 Å². The van der Waals surface area contributed by atoms with Crippen molar-refractivity contribution in [3.8, 4) is 0 Å². The van der Waals surface area contributed by atoms with Gasteiger partial charge in [0.25, 0.3) is 5.91 Å². The van der Waals surface area contributed by atoms with Gasteiger partial charge in [-0.15, -0.1) is 0 Å². The summed E-state index contributed by atoms with van der Waals surface area (Å²) in [4.78, 5) is 26.4. The highest BCUT2D eigenvalue weighted by atomic mass is 32.2. The average Bonchev–Trinajstić information content (AvgIpc) is 3.27. The lowest BCUT2D eigenvalue weighted by atomic mass is 10.0. The minimum atomic E-state index is -3.49. The summed E-state index contributed by atoms with van der Waals surface area (Å²) in [6.45, 7) is 3.14. The minimum Gasteiger partial charge on any atom is -0.459 e. The largest absolute Gasteiger partial charge is 0.459 e. The Balaban J connectivity index is 1.48. The molecule has 1 aliphatic heterocycles. The van der Waals surface area contributed by atoms with Crippen LogP contribution in [0.15, 0.2) is 58.1 Å². The molecule has 2 heterocycles. The lowest BCUT2D eigenvalue weighted by Crippen LogP contribution is -2.46. The van der Waals surface area contributed by atoms with Crippen molar-refractivity contribution in [1.29, 1.82) is 0 Å². The molecular weight excluding hydrogens is 406 g/mol. The first-order valence-electron chi connectivity index (χ1n) is 9.80. The smallest absolute Gasteiger partial charge is 0.289 e. The highest BCUT2D eigenvalue weighted by molar-refractivity contribution is 7.89. The van der Waals surface area contributed by atoms with Crippen LogP contribution in [-0.4, -0.2) is 50.8 Å². The highest BCUT2D eigenvalue weighted by Crippen LogP contribution is 2.15. The van der Waals surface area contributed by atoms with E-state index in [4.69, 9.17) is 4.42 Å². The number of hydrogen-bond acceptors (Lipinski definition) is 5. The summed E-state index contributed by atoms with van der Waals surface area (Å²) in [5.74, 6) is -0.0378. The van der Waals surface area contributed by atoms with Gasteiger partial charge in [0.1, 0.15) is 0 Å². The predicted octanol–water partition coefficient (Wildman–Crippen LogP) is 2.01. The second-order valence-electron chi connectivity index (χ2n) is 6.96. The molecular formula is C21H25N3O5S. The molecule has 0 atom stereocenters. The molecule has 0 saturated carbocycles. The first-order valence-corrected chi connectivity index (χ1v) is 11.3. The zero-order valence-electron chi connectivity index (χ0n) is 16.7. The summed E-state index contributed by atoms with van der Waals surface area (Å²) in [5, 5.41) is 2.94. The SMILES string of the molecule is CCNS(=O)(=O)c1ccc(/C=C/C(=O)NC2CCN(C(=O)c3ccco3)CC2)cc1. The van der Waals surface area contributed by atoms with E-state index < -0.39 is 10.0 Å². The number of rotatable bonds is 7. The number of furan rings is 1. The summed E-state index contributed by atoms with van der Waals surface area (Å²) < 4.78 is 31.5. The number of benzene rings is 1. The fourth-order valence-electron chi connectivity index (χ4n) is 3.24. The molecule has 160 valence electrons. The molecule has 8 nitrogen and oxygen atoms in total. The molecule has 0 aliphatic carbocycles. The van der Waals surface area contributed by atoms with Crippen molar-refractivity contribution in [1.82, 2.24) is 14.9 Å². The normalized spacial score (nSPS) is 15.4. The molecule has 3 rings (SSSR count). The van der Waals surface area contributed by atoms with Gasteiger partial charge in [0.15, 0.2) is 5.76 Å². The number of carbonyl (C=O) groups excluding carboxylic acids is 2. The number of amides is 2. The Morgan fingerprint density at radius 3 is 2.47 bits per heavy atom. The zero-order valence-corrected chi connectivity index (χ0v) is 17.5. The second-order valence-corrected chi connectivity index (χ2v) is 8.72. The van der Waals surface area contributed by atoms with Gasteiger partial charge in [-0.2, -0.15) is 0 Å². The quantitative estimate of drug-likeness (QED) is 0.652. The topological polar surface area (TPSA) is 109 Å². The number of piperidine rings is 1.